The summed E-state index contributed by atoms with van der Waals surface area (Å²) in [6.45, 7) is 4.78. The van der Waals surface area contributed by atoms with Crippen molar-refractivity contribution in [2.24, 2.45) is 0 Å². The SMILES string of the molecule is CC(C)(C)OC(=O)Nc1sc2c(F)ccc(-c3c(C(F)(F)F)cc4c(Cl)ncnc4c3F)c2c1C#N. The molecule has 0 aliphatic rings. The van der Waals surface area contributed by atoms with Crippen molar-refractivity contribution in [3.8, 4) is 17.2 Å². The topological polar surface area (TPSA) is 87.9 Å². The number of nitriles is 1. The fourth-order valence-electron chi connectivity index (χ4n) is 3.59. The molecule has 2 heterocycles. The average molecular weight is 541 g/mol. The number of fused-ring (bicyclic) bond motifs is 2. The molecule has 0 bridgehead atoms. The number of aromatic nitrogens is 2. The van der Waals surface area contributed by atoms with Crippen molar-refractivity contribution in [1.82, 2.24) is 9.97 Å². The standard InChI is InChI=1S/C23H14ClF5N4O2S/c1-22(2,3)35-21(34)33-20-11(7-30)14-9(4-5-13(25)18(14)36-20)15-12(23(27,28)29)6-10-17(16(15)26)31-8-32-19(10)24/h4-6,8H,1-3H3,(H,33,34). The zero-order valence-corrected chi connectivity index (χ0v) is 20.2. The maximum absolute atomic E-state index is 15.7. The normalized spacial score (nSPS) is 12.1. The minimum Gasteiger partial charge on any atom is -0.444 e. The number of carbonyl (C=O) groups excluding carboxylic acids is 1. The summed E-state index contributed by atoms with van der Waals surface area (Å²) in [4.78, 5) is 19.6. The number of anilines is 1. The molecule has 0 saturated carbocycles. The Hall–Kier alpha value is -3.56. The smallest absolute Gasteiger partial charge is 0.417 e. The summed E-state index contributed by atoms with van der Waals surface area (Å²) in [5, 5.41) is 10.9. The van der Waals surface area contributed by atoms with E-state index in [0.29, 0.717) is 17.4 Å². The van der Waals surface area contributed by atoms with Gasteiger partial charge in [-0.15, -0.1) is 11.3 Å². The van der Waals surface area contributed by atoms with Crippen molar-refractivity contribution in [3.05, 3.63) is 52.4 Å². The Morgan fingerprint density at radius 1 is 1.19 bits per heavy atom. The molecule has 0 saturated heterocycles. The van der Waals surface area contributed by atoms with Crippen LogP contribution in [0.5, 0.6) is 0 Å². The Morgan fingerprint density at radius 2 is 1.89 bits per heavy atom. The molecule has 1 N–H and O–H groups in total. The van der Waals surface area contributed by atoms with E-state index in [1.807, 2.05) is 0 Å². The summed E-state index contributed by atoms with van der Waals surface area (Å²) in [7, 11) is 0. The number of nitrogens with one attached hydrogen (secondary N) is 1. The van der Waals surface area contributed by atoms with Gasteiger partial charge in [0.15, 0.2) is 5.82 Å². The van der Waals surface area contributed by atoms with E-state index >= 15 is 4.39 Å². The van der Waals surface area contributed by atoms with E-state index in [9.17, 15) is 27.6 Å². The van der Waals surface area contributed by atoms with Crippen molar-refractivity contribution in [3.63, 3.8) is 0 Å². The van der Waals surface area contributed by atoms with Gasteiger partial charge in [0.1, 0.15) is 39.5 Å². The van der Waals surface area contributed by atoms with Crippen LogP contribution in [0, 0.1) is 23.0 Å². The first-order chi connectivity index (χ1) is 16.7. The lowest BCUT2D eigenvalue weighted by molar-refractivity contribution is -0.137. The summed E-state index contributed by atoms with van der Waals surface area (Å²) >= 11 is 6.49. The molecule has 1 amide bonds. The van der Waals surface area contributed by atoms with Gasteiger partial charge >= 0.3 is 12.3 Å². The maximum Gasteiger partial charge on any atom is 0.417 e. The first-order valence-corrected chi connectivity index (χ1v) is 11.3. The van der Waals surface area contributed by atoms with Crippen molar-refractivity contribution >= 4 is 55.0 Å². The number of benzene rings is 2. The van der Waals surface area contributed by atoms with Gasteiger partial charge < -0.3 is 4.74 Å². The Labute approximate surface area is 209 Å². The quantitative estimate of drug-likeness (QED) is 0.208. The highest BCUT2D eigenvalue weighted by atomic mass is 35.5. The fraction of sp³-hybridized carbons (Fsp3) is 0.217. The summed E-state index contributed by atoms with van der Waals surface area (Å²) < 4.78 is 77.7. The number of nitrogens with zero attached hydrogens (tertiary/aromatic N) is 3. The zero-order chi connectivity index (χ0) is 26.6. The summed E-state index contributed by atoms with van der Waals surface area (Å²) in [5.41, 5.74) is -4.54. The summed E-state index contributed by atoms with van der Waals surface area (Å²) in [6, 6.07) is 4.16. The maximum atomic E-state index is 15.7. The predicted octanol–water partition coefficient (Wildman–Crippen LogP) is 7.68. The van der Waals surface area contributed by atoms with Gasteiger partial charge in [-0.2, -0.15) is 18.4 Å². The highest BCUT2D eigenvalue weighted by Gasteiger charge is 2.38. The molecular weight excluding hydrogens is 527 g/mol. The lowest BCUT2D eigenvalue weighted by Crippen LogP contribution is -2.27. The second kappa shape index (κ2) is 8.83. The van der Waals surface area contributed by atoms with Crippen LogP contribution < -0.4 is 5.32 Å². The Bertz CT molecular complexity index is 1590. The van der Waals surface area contributed by atoms with Crippen molar-refractivity contribution in [2.75, 3.05) is 5.32 Å². The lowest BCUT2D eigenvalue weighted by Gasteiger charge is -2.19. The molecule has 0 spiro atoms. The van der Waals surface area contributed by atoms with Crippen molar-refractivity contribution < 1.29 is 31.5 Å². The highest BCUT2D eigenvalue weighted by Crippen LogP contribution is 2.48. The Morgan fingerprint density at radius 3 is 2.50 bits per heavy atom. The number of hydrogen-bond acceptors (Lipinski definition) is 6. The second-order valence-electron chi connectivity index (χ2n) is 8.52. The molecule has 0 fully saturated rings. The molecule has 2 aromatic heterocycles. The van der Waals surface area contributed by atoms with E-state index < -0.39 is 56.9 Å². The van der Waals surface area contributed by atoms with E-state index in [2.05, 4.69) is 15.3 Å². The van der Waals surface area contributed by atoms with Gasteiger partial charge in [0, 0.05) is 16.3 Å². The minimum atomic E-state index is -5.06. The zero-order valence-electron chi connectivity index (χ0n) is 18.6. The van der Waals surface area contributed by atoms with Gasteiger partial charge in [0.2, 0.25) is 0 Å². The summed E-state index contributed by atoms with van der Waals surface area (Å²) in [6.07, 6.45) is -5.14. The van der Waals surface area contributed by atoms with Gasteiger partial charge in [0.25, 0.3) is 0 Å². The number of hydrogen-bond donors (Lipinski definition) is 1. The minimum absolute atomic E-state index is 0.173. The molecular formula is C23H14ClF5N4O2S. The van der Waals surface area contributed by atoms with Crippen LogP contribution in [0.4, 0.5) is 31.7 Å². The number of amides is 1. The second-order valence-corrected chi connectivity index (χ2v) is 9.89. The molecule has 13 heteroatoms. The molecule has 0 unspecified atom stereocenters. The molecule has 36 heavy (non-hydrogen) atoms. The number of halogens is 6. The molecule has 0 atom stereocenters. The van der Waals surface area contributed by atoms with Gasteiger partial charge in [-0.1, -0.05) is 17.7 Å². The van der Waals surface area contributed by atoms with Crippen LogP contribution in [0.1, 0.15) is 31.9 Å². The van der Waals surface area contributed by atoms with Crippen LogP contribution >= 0.6 is 22.9 Å². The Balaban J connectivity index is 2.06. The van der Waals surface area contributed by atoms with E-state index in [1.54, 1.807) is 26.8 Å². The molecule has 4 aromatic rings. The molecule has 4 rings (SSSR count). The Kier molecular flexibility index (Phi) is 6.26. The average Bonchev–Trinajstić information content (AvgIpc) is 3.11. The van der Waals surface area contributed by atoms with Gasteiger partial charge in [0.05, 0.1) is 15.8 Å². The van der Waals surface area contributed by atoms with Crippen LogP contribution in [-0.2, 0) is 10.9 Å². The number of rotatable bonds is 2. The third kappa shape index (κ3) is 4.52. The fourth-order valence-corrected chi connectivity index (χ4v) is 4.84. The molecule has 0 aliphatic heterocycles. The predicted molar refractivity (Wildman–Crippen MR) is 125 cm³/mol. The van der Waals surface area contributed by atoms with Gasteiger partial charge in [-0.25, -0.2) is 23.5 Å². The first kappa shape index (κ1) is 25.5. The van der Waals surface area contributed by atoms with E-state index in [0.717, 1.165) is 18.5 Å². The van der Waals surface area contributed by atoms with E-state index in [1.165, 1.54) is 0 Å². The van der Waals surface area contributed by atoms with Crippen LogP contribution in [0.25, 0.3) is 32.1 Å². The van der Waals surface area contributed by atoms with Gasteiger partial charge in [-0.05, 0) is 38.5 Å². The van der Waals surface area contributed by atoms with Crippen LogP contribution in [0.2, 0.25) is 5.15 Å². The van der Waals surface area contributed by atoms with Crippen molar-refractivity contribution in [2.45, 2.75) is 32.5 Å². The molecule has 6 nitrogen and oxygen atoms in total. The monoisotopic (exact) mass is 540 g/mol. The van der Waals surface area contributed by atoms with Crippen molar-refractivity contribution in [1.29, 1.82) is 5.26 Å². The molecule has 2 aromatic carbocycles. The first-order valence-electron chi connectivity index (χ1n) is 10.1. The van der Waals surface area contributed by atoms with E-state index in [-0.39, 0.29) is 26.0 Å². The molecule has 186 valence electrons. The van der Waals surface area contributed by atoms with Crippen LogP contribution in [-0.4, -0.2) is 21.7 Å². The summed E-state index contributed by atoms with van der Waals surface area (Å²) in [5.74, 6) is -2.26. The highest BCUT2D eigenvalue weighted by molar-refractivity contribution is 7.23. The molecule has 0 aliphatic carbocycles. The third-order valence-electron chi connectivity index (χ3n) is 4.91. The lowest BCUT2D eigenvalue weighted by atomic mass is 9.93. The van der Waals surface area contributed by atoms with Crippen LogP contribution in [0.3, 0.4) is 0 Å². The number of thiophene rings is 1. The third-order valence-corrected chi connectivity index (χ3v) is 6.33. The van der Waals surface area contributed by atoms with Crippen LogP contribution in [0.15, 0.2) is 24.5 Å². The number of carbonyl (C=O) groups is 1. The number of alkyl halides is 3. The largest absolute Gasteiger partial charge is 0.444 e. The molecule has 0 radical (unpaired) electrons. The van der Waals surface area contributed by atoms with Gasteiger partial charge in [-0.3, -0.25) is 5.32 Å². The van der Waals surface area contributed by atoms with E-state index in [4.69, 9.17) is 16.3 Å². The number of ether oxygens (including phenoxy) is 1.